The molecule has 1 aromatic carbocycles. The second-order valence-electron chi connectivity index (χ2n) is 3.15. The van der Waals surface area contributed by atoms with Crippen LogP contribution in [0.3, 0.4) is 0 Å². The zero-order chi connectivity index (χ0) is 10.1. The molecular formula is C11H8BrNS. The number of aryl methyl sites for hydroxylation is 1. The van der Waals surface area contributed by atoms with Crippen molar-refractivity contribution in [3.63, 3.8) is 0 Å². The van der Waals surface area contributed by atoms with E-state index in [-0.39, 0.29) is 0 Å². The summed E-state index contributed by atoms with van der Waals surface area (Å²) in [6, 6.07) is 6.43. The first-order chi connectivity index (χ1) is 6.74. The molecule has 2 aromatic rings. The molecule has 14 heavy (non-hydrogen) atoms. The molecule has 0 unspecified atom stereocenters. The van der Waals surface area contributed by atoms with Gasteiger partial charge in [-0.2, -0.15) is 5.26 Å². The van der Waals surface area contributed by atoms with Crippen LogP contribution in [0, 0.1) is 18.3 Å². The summed E-state index contributed by atoms with van der Waals surface area (Å²) in [5, 5.41) is 12.0. The molecule has 1 nitrogen and oxygen atoms in total. The Hall–Kier alpha value is -0.850. The number of hydrogen-bond acceptors (Lipinski definition) is 2. The molecule has 0 spiro atoms. The van der Waals surface area contributed by atoms with Crippen LogP contribution in [0.25, 0.3) is 10.1 Å². The molecule has 0 amide bonds. The number of rotatable bonds is 1. The molecule has 0 fully saturated rings. The van der Waals surface area contributed by atoms with Gasteiger partial charge in [0.2, 0.25) is 0 Å². The molecule has 3 heteroatoms. The molecule has 0 aliphatic rings. The Kier molecular flexibility index (Phi) is 2.58. The molecule has 2 rings (SSSR count). The topological polar surface area (TPSA) is 23.8 Å². The van der Waals surface area contributed by atoms with Crippen LogP contribution in [0.15, 0.2) is 22.0 Å². The summed E-state index contributed by atoms with van der Waals surface area (Å²) in [6.45, 7) is 2.05. The molecule has 0 aliphatic carbocycles. The lowest BCUT2D eigenvalue weighted by Crippen LogP contribution is -1.89. The molecule has 0 aliphatic heterocycles. The first kappa shape index (κ1) is 9.70. The molecular weight excluding hydrogens is 258 g/mol. The highest BCUT2D eigenvalue weighted by Gasteiger charge is 2.08. The number of benzene rings is 1. The maximum Gasteiger partial charge on any atom is 0.0670 e. The van der Waals surface area contributed by atoms with E-state index in [0.29, 0.717) is 6.42 Å². The lowest BCUT2D eigenvalue weighted by molar-refractivity contribution is 1.21. The van der Waals surface area contributed by atoms with Crippen molar-refractivity contribution in [2.75, 3.05) is 0 Å². The third-order valence-electron chi connectivity index (χ3n) is 2.28. The first-order valence-electron chi connectivity index (χ1n) is 4.26. The van der Waals surface area contributed by atoms with Crippen LogP contribution in [-0.4, -0.2) is 0 Å². The summed E-state index contributed by atoms with van der Waals surface area (Å²) in [6.07, 6.45) is 0.470. The van der Waals surface area contributed by atoms with Crippen molar-refractivity contribution in [2.45, 2.75) is 13.3 Å². The minimum Gasteiger partial charge on any atom is -0.198 e. The zero-order valence-electron chi connectivity index (χ0n) is 7.67. The first-order valence-corrected chi connectivity index (χ1v) is 5.93. The summed E-state index contributed by atoms with van der Waals surface area (Å²) >= 11 is 5.30. The Morgan fingerprint density at radius 3 is 3.07 bits per heavy atom. The van der Waals surface area contributed by atoms with Gasteiger partial charge >= 0.3 is 0 Å². The van der Waals surface area contributed by atoms with Gasteiger partial charge in [-0.3, -0.25) is 0 Å². The van der Waals surface area contributed by atoms with E-state index in [1.807, 2.05) is 0 Å². The van der Waals surface area contributed by atoms with Crippen LogP contribution < -0.4 is 0 Å². The maximum absolute atomic E-state index is 8.72. The van der Waals surface area contributed by atoms with Crippen molar-refractivity contribution in [3.8, 4) is 6.07 Å². The smallest absolute Gasteiger partial charge is 0.0670 e. The Morgan fingerprint density at radius 2 is 2.36 bits per heavy atom. The lowest BCUT2D eigenvalue weighted by atomic mass is 10.0. The quantitative estimate of drug-likeness (QED) is 0.764. The van der Waals surface area contributed by atoms with Gasteiger partial charge in [0.25, 0.3) is 0 Å². The largest absolute Gasteiger partial charge is 0.198 e. The third kappa shape index (κ3) is 1.45. The van der Waals surface area contributed by atoms with Crippen LogP contribution in [0.5, 0.6) is 0 Å². The van der Waals surface area contributed by atoms with Crippen molar-refractivity contribution < 1.29 is 0 Å². The molecule has 70 valence electrons. The average Bonchev–Trinajstić information content (AvgIpc) is 2.60. The van der Waals surface area contributed by atoms with Gasteiger partial charge in [-0.1, -0.05) is 0 Å². The molecule has 1 heterocycles. The van der Waals surface area contributed by atoms with Gasteiger partial charge < -0.3 is 0 Å². The highest BCUT2D eigenvalue weighted by molar-refractivity contribution is 9.10. The highest BCUT2D eigenvalue weighted by atomic mass is 79.9. The van der Waals surface area contributed by atoms with Crippen LogP contribution in [0.4, 0.5) is 0 Å². The van der Waals surface area contributed by atoms with Crippen LogP contribution >= 0.6 is 27.3 Å². The van der Waals surface area contributed by atoms with E-state index < -0.39 is 0 Å². The Bertz CT molecular complexity index is 522. The van der Waals surface area contributed by atoms with Gasteiger partial charge in [0, 0.05) is 14.6 Å². The fraction of sp³-hybridized carbons (Fsp3) is 0.182. The van der Waals surface area contributed by atoms with Crippen LogP contribution in [0.2, 0.25) is 0 Å². The van der Waals surface area contributed by atoms with Gasteiger partial charge in [-0.25, -0.2) is 0 Å². The van der Waals surface area contributed by atoms with Crippen molar-refractivity contribution in [1.29, 1.82) is 5.26 Å². The highest BCUT2D eigenvalue weighted by Crippen LogP contribution is 2.33. The fourth-order valence-corrected chi connectivity index (χ4v) is 3.35. The van der Waals surface area contributed by atoms with E-state index in [1.165, 1.54) is 15.6 Å². The van der Waals surface area contributed by atoms with Gasteiger partial charge in [0.1, 0.15) is 0 Å². The molecule has 0 atom stereocenters. The summed E-state index contributed by atoms with van der Waals surface area (Å²) in [5.41, 5.74) is 2.30. The number of thiophene rings is 1. The normalized spacial score (nSPS) is 10.4. The van der Waals surface area contributed by atoms with E-state index in [1.54, 1.807) is 11.3 Å². The standard InChI is InChI=1S/C11H8BrNS/c1-7-6-10-9(3-5-14-10)11(12)8(7)2-4-13/h3,5-6H,2H2,1H3. The van der Waals surface area contributed by atoms with Crippen molar-refractivity contribution in [3.05, 3.63) is 33.1 Å². The zero-order valence-corrected chi connectivity index (χ0v) is 10.1. The second kappa shape index (κ2) is 3.72. The average molecular weight is 266 g/mol. The van der Waals surface area contributed by atoms with E-state index in [2.05, 4.69) is 46.4 Å². The van der Waals surface area contributed by atoms with Crippen molar-refractivity contribution in [2.24, 2.45) is 0 Å². The maximum atomic E-state index is 8.72. The number of halogens is 1. The molecule has 0 saturated heterocycles. The van der Waals surface area contributed by atoms with Gasteiger partial charge in [-0.15, -0.1) is 11.3 Å². The van der Waals surface area contributed by atoms with E-state index in [0.717, 1.165) is 10.0 Å². The minimum atomic E-state index is 0.470. The number of hydrogen-bond donors (Lipinski definition) is 0. The third-order valence-corrected chi connectivity index (χ3v) is 4.05. The second-order valence-corrected chi connectivity index (χ2v) is 4.89. The van der Waals surface area contributed by atoms with E-state index >= 15 is 0 Å². The summed E-state index contributed by atoms with van der Waals surface area (Å²) in [7, 11) is 0. The Balaban J connectivity index is 2.77. The summed E-state index contributed by atoms with van der Waals surface area (Å²) in [5.74, 6) is 0. The summed E-state index contributed by atoms with van der Waals surface area (Å²) in [4.78, 5) is 0. The van der Waals surface area contributed by atoms with Crippen molar-refractivity contribution in [1.82, 2.24) is 0 Å². The van der Waals surface area contributed by atoms with Gasteiger partial charge in [-0.05, 0) is 51.5 Å². The SMILES string of the molecule is Cc1cc2sccc2c(Br)c1CC#N. The van der Waals surface area contributed by atoms with Gasteiger partial charge in [0.15, 0.2) is 0 Å². The van der Waals surface area contributed by atoms with Crippen LogP contribution in [-0.2, 0) is 6.42 Å². The van der Waals surface area contributed by atoms with Gasteiger partial charge in [0.05, 0.1) is 12.5 Å². The van der Waals surface area contributed by atoms with Crippen molar-refractivity contribution >= 4 is 37.4 Å². The summed E-state index contributed by atoms with van der Waals surface area (Å²) < 4.78 is 2.35. The predicted molar refractivity (Wildman–Crippen MR) is 63.6 cm³/mol. The van der Waals surface area contributed by atoms with Crippen LogP contribution in [0.1, 0.15) is 11.1 Å². The lowest BCUT2D eigenvalue weighted by Gasteiger charge is -2.05. The number of nitrogens with zero attached hydrogens (tertiary/aromatic N) is 1. The van der Waals surface area contributed by atoms with E-state index in [9.17, 15) is 0 Å². The molecule has 0 bridgehead atoms. The van der Waals surface area contributed by atoms with E-state index in [4.69, 9.17) is 5.26 Å². The monoisotopic (exact) mass is 265 g/mol. The molecule has 1 aromatic heterocycles. The minimum absolute atomic E-state index is 0.470. The number of fused-ring (bicyclic) bond motifs is 1. The number of nitriles is 1. The molecule has 0 N–H and O–H groups in total. The predicted octanol–water partition coefficient (Wildman–Crippen LogP) is 4.04. The molecule has 0 saturated carbocycles. The Labute approximate surface area is 95.1 Å². The molecule has 0 radical (unpaired) electrons. The Morgan fingerprint density at radius 1 is 1.57 bits per heavy atom. The fourth-order valence-electron chi connectivity index (χ4n) is 1.53.